The third kappa shape index (κ3) is 4.62. The van der Waals surface area contributed by atoms with Gasteiger partial charge in [-0.1, -0.05) is 97.1 Å². The second kappa shape index (κ2) is 10.2. The van der Waals surface area contributed by atoms with Gasteiger partial charge in [-0.3, -0.25) is 4.79 Å². The number of para-hydroxylation sites is 2. The molecule has 196 valence electrons. The van der Waals surface area contributed by atoms with Crippen LogP contribution < -0.4 is 5.01 Å². The molecule has 2 heterocycles. The molecular weight excluding hydrogens is 511 g/mol. The normalized spacial score (nSPS) is 14.6. The molecule has 1 aliphatic rings. The Hall–Kier alpha value is -5.17. The Morgan fingerprint density at radius 1 is 0.650 bits per heavy atom. The van der Waals surface area contributed by atoms with Gasteiger partial charge in [-0.05, 0) is 47.5 Å². The van der Waals surface area contributed by atoms with Gasteiger partial charge in [0.05, 0.1) is 22.6 Å². The Balaban J connectivity index is 1.63. The minimum absolute atomic E-state index is 0.257. The number of nitrogens with zero attached hydrogens (tertiary/aromatic N) is 3. The summed E-state index contributed by atoms with van der Waals surface area (Å²) in [4.78, 5) is 13.5. The Morgan fingerprint density at radius 2 is 1.15 bits per heavy atom. The summed E-state index contributed by atoms with van der Waals surface area (Å²) >= 11 is 0. The first-order valence-electron chi connectivity index (χ1n) is 12.6. The number of carbonyl (C=O) groups is 1. The number of aromatic nitrogens is 1. The lowest BCUT2D eigenvalue weighted by Crippen LogP contribution is -2.25. The van der Waals surface area contributed by atoms with Crippen molar-refractivity contribution < 1.29 is 18.0 Å². The fraction of sp³-hybridized carbons (Fsp3) is 0.0303. The van der Waals surface area contributed by atoms with Gasteiger partial charge in [0.15, 0.2) is 5.71 Å². The molecule has 1 aliphatic heterocycles. The summed E-state index contributed by atoms with van der Waals surface area (Å²) in [6.45, 7) is 0. The molecule has 0 N–H and O–H groups in total. The Bertz CT molecular complexity index is 1720. The van der Waals surface area contributed by atoms with E-state index in [2.05, 4.69) is 5.10 Å². The molecule has 4 nitrogen and oxygen atoms in total. The van der Waals surface area contributed by atoms with Crippen LogP contribution in [0, 0.1) is 0 Å². The Kier molecular flexibility index (Phi) is 6.40. The fourth-order valence-electron chi connectivity index (χ4n) is 4.85. The maximum atomic E-state index is 14.3. The molecule has 40 heavy (non-hydrogen) atoms. The number of hydrazone groups is 1. The van der Waals surface area contributed by atoms with Gasteiger partial charge >= 0.3 is 6.18 Å². The summed E-state index contributed by atoms with van der Waals surface area (Å²) in [5, 5.41) is 4.55. The first kappa shape index (κ1) is 25.1. The van der Waals surface area contributed by atoms with Crippen LogP contribution in [0.25, 0.3) is 34.3 Å². The molecule has 0 fully saturated rings. The van der Waals surface area contributed by atoms with Crippen molar-refractivity contribution in [2.45, 2.75) is 6.18 Å². The fourth-order valence-corrected chi connectivity index (χ4v) is 4.85. The average Bonchev–Trinajstić information content (AvgIpc) is 3.53. The predicted molar refractivity (Wildman–Crippen MR) is 152 cm³/mol. The van der Waals surface area contributed by atoms with Gasteiger partial charge in [0.1, 0.15) is 0 Å². The number of anilines is 1. The van der Waals surface area contributed by atoms with Crippen LogP contribution >= 0.6 is 0 Å². The van der Waals surface area contributed by atoms with E-state index in [0.717, 1.165) is 27.5 Å². The molecule has 4 aromatic carbocycles. The number of hydrogen-bond acceptors (Lipinski definition) is 2. The molecule has 0 spiro atoms. The quantitative estimate of drug-likeness (QED) is 0.210. The van der Waals surface area contributed by atoms with Gasteiger partial charge < -0.3 is 4.57 Å². The van der Waals surface area contributed by atoms with Crippen molar-refractivity contribution in [3.05, 3.63) is 139 Å². The van der Waals surface area contributed by atoms with Crippen LogP contribution in [-0.4, -0.2) is 22.4 Å². The van der Waals surface area contributed by atoms with E-state index in [4.69, 9.17) is 0 Å². The van der Waals surface area contributed by atoms with E-state index in [1.165, 1.54) is 6.08 Å². The van der Waals surface area contributed by atoms with Crippen LogP contribution in [0.4, 0.5) is 18.9 Å². The molecule has 0 atom stereocenters. The van der Waals surface area contributed by atoms with E-state index in [-0.39, 0.29) is 5.69 Å². The van der Waals surface area contributed by atoms with Gasteiger partial charge in [-0.25, -0.2) is 0 Å². The highest BCUT2D eigenvalue weighted by molar-refractivity contribution is 6.34. The van der Waals surface area contributed by atoms with Crippen molar-refractivity contribution in [3.63, 3.8) is 0 Å². The molecule has 0 aliphatic carbocycles. The van der Waals surface area contributed by atoms with Crippen LogP contribution in [0.1, 0.15) is 5.56 Å². The van der Waals surface area contributed by atoms with Gasteiger partial charge in [0.2, 0.25) is 0 Å². The predicted octanol–water partition coefficient (Wildman–Crippen LogP) is 8.16. The number of benzene rings is 4. The summed E-state index contributed by atoms with van der Waals surface area (Å²) in [6, 6.07) is 38.6. The maximum absolute atomic E-state index is 14.3. The highest BCUT2D eigenvalue weighted by Crippen LogP contribution is 2.39. The number of halogens is 3. The van der Waals surface area contributed by atoms with Gasteiger partial charge in [-0.2, -0.15) is 23.3 Å². The standard InChI is InChI=1S/C33H22F3N3O/c34-33(35,36)31-28(32(40)39(37-31)27-19-11-4-12-20-27)21-25-22-29(23-13-5-1-6-14-23)38(26-17-9-3-10-18-26)30(25)24-15-7-2-8-16-24/h1-22H/b28-21-. The van der Waals surface area contributed by atoms with Gasteiger partial charge in [0.25, 0.3) is 5.91 Å². The molecule has 5 aromatic rings. The summed E-state index contributed by atoms with van der Waals surface area (Å²) in [7, 11) is 0. The van der Waals surface area contributed by atoms with E-state index in [1.807, 2.05) is 102 Å². The molecule has 0 bridgehead atoms. The molecule has 0 saturated carbocycles. The van der Waals surface area contributed by atoms with E-state index >= 15 is 0 Å². The third-order valence-corrected chi connectivity index (χ3v) is 6.61. The molecule has 7 heteroatoms. The zero-order valence-corrected chi connectivity index (χ0v) is 21.1. The molecule has 0 saturated heterocycles. The van der Waals surface area contributed by atoms with E-state index in [1.54, 1.807) is 30.3 Å². The highest BCUT2D eigenvalue weighted by Gasteiger charge is 2.47. The Labute approximate surface area is 228 Å². The lowest BCUT2D eigenvalue weighted by molar-refractivity contribution is -0.114. The van der Waals surface area contributed by atoms with Crippen molar-refractivity contribution in [1.29, 1.82) is 0 Å². The molecular formula is C33H22F3N3O. The summed E-state index contributed by atoms with van der Waals surface area (Å²) in [6.07, 6.45) is -3.52. The number of alkyl halides is 3. The second-order valence-corrected chi connectivity index (χ2v) is 9.19. The van der Waals surface area contributed by atoms with Gasteiger partial charge in [0, 0.05) is 11.3 Å². The Morgan fingerprint density at radius 3 is 1.70 bits per heavy atom. The van der Waals surface area contributed by atoms with Crippen LogP contribution in [0.2, 0.25) is 0 Å². The number of carbonyl (C=O) groups excluding carboxylic acids is 1. The van der Waals surface area contributed by atoms with Crippen LogP contribution in [-0.2, 0) is 4.79 Å². The van der Waals surface area contributed by atoms with E-state index < -0.39 is 23.4 Å². The molecule has 1 amide bonds. The summed E-state index contributed by atoms with van der Waals surface area (Å²) in [5.41, 5.74) is 2.90. The number of hydrogen-bond donors (Lipinski definition) is 0. The zero-order chi connectivity index (χ0) is 27.7. The smallest absolute Gasteiger partial charge is 0.309 e. The first-order chi connectivity index (χ1) is 19.4. The van der Waals surface area contributed by atoms with Crippen molar-refractivity contribution in [2.24, 2.45) is 5.10 Å². The van der Waals surface area contributed by atoms with Crippen LogP contribution in [0.3, 0.4) is 0 Å². The van der Waals surface area contributed by atoms with Crippen LogP contribution in [0.5, 0.6) is 0 Å². The SMILES string of the molecule is O=C1/C(=C\c2cc(-c3ccccc3)n(-c3ccccc3)c2-c2ccccc2)C(C(F)(F)F)=NN1c1ccccc1. The second-order valence-electron chi connectivity index (χ2n) is 9.19. The van der Waals surface area contributed by atoms with Crippen molar-refractivity contribution in [1.82, 2.24) is 4.57 Å². The van der Waals surface area contributed by atoms with Crippen molar-refractivity contribution >= 4 is 23.4 Å². The largest absolute Gasteiger partial charge is 0.435 e. The van der Waals surface area contributed by atoms with E-state index in [9.17, 15) is 18.0 Å². The van der Waals surface area contributed by atoms with Crippen LogP contribution in [0.15, 0.2) is 138 Å². The molecule has 6 rings (SSSR count). The zero-order valence-electron chi connectivity index (χ0n) is 21.1. The van der Waals surface area contributed by atoms with E-state index in [0.29, 0.717) is 11.3 Å². The molecule has 1 aromatic heterocycles. The third-order valence-electron chi connectivity index (χ3n) is 6.61. The van der Waals surface area contributed by atoms with Crippen molar-refractivity contribution in [2.75, 3.05) is 5.01 Å². The number of amides is 1. The summed E-state index contributed by atoms with van der Waals surface area (Å²) < 4.78 is 44.8. The lowest BCUT2D eigenvalue weighted by atomic mass is 10.0. The topological polar surface area (TPSA) is 37.6 Å². The minimum atomic E-state index is -4.83. The number of rotatable bonds is 5. The lowest BCUT2D eigenvalue weighted by Gasteiger charge is -2.15. The molecule has 0 radical (unpaired) electrons. The monoisotopic (exact) mass is 533 g/mol. The highest BCUT2D eigenvalue weighted by atomic mass is 19.4. The minimum Gasteiger partial charge on any atom is -0.309 e. The molecule has 0 unspecified atom stereocenters. The first-order valence-corrected chi connectivity index (χ1v) is 12.6. The average molecular weight is 534 g/mol. The van der Waals surface area contributed by atoms with Crippen molar-refractivity contribution in [3.8, 4) is 28.2 Å². The van der Waals surface area contributed by atoms with Gasteiger partial charge in [-0.15, -0.1) is 0 Å². The summed E-state index contributed by atoms with van der Waals surface area (Å²) in [5.74, 6) is -0.841. The maximum Gasteiger partial charge on any atom is 0.435 e.